The number of alkyl halides is 3. The molecule has 0 unspecified atom stereocenters. The fraction of sp³-hybridized carbons (Fsp3) is 0.214. The predicted octanol–water partition coefficient (Wildman–Crippen LogP) is 2.35. The normalized spacial score (nSPS) is 12.0. The highest BCUT2D eigenvalue weighted by Gasteiger charge is 2.35. The minimum atomic E-state index is -4.88. The van der Waals surface area contributed by atoms with Crippen molar-refractivity contribution in [2.45, 2.75) is 11.3 Å². The van der Waals surface area contributed by atoms with Crippen LogP contribution in [-0.2, 0) is 20.8 Å². The highest BCUT2D eigenvalue weighted by Crippen LogP contribution is 2.32. The number of ether oxygens (including phenoxy) is 1. The molecule has 0 saturated heterocycles. The van der Waals surface area contributed by atoms with Gasteiger partial charge in [0, 0.05) is 11.8 Å². The van der Waals surface area contributed by atoms with Crippen molar-refractivity contribution in [2.24, 2.45) is 0 Å². The fourth-order valence-electron chi connectivity index (χ4n) is 1.87. The standard InChI is InChI=1S/C14H11F3N2O4S/c1-23-12(20)9-6-4-3-5-8(9)10-7-11(14(15,16)17)19-13(18-10)24(2,21)22/h3-7H,1-2H3. The average molecular weight is 360 g/mol. The zero-order valence-corrected chi connectivity index (χ0v) is 13.3. The van der Waals surface area contributed by atoms with Crippen LogP contribution in [0, 0.1) is 0 Å². The predicted molar refractivity (Wildman–Crippen MR) is 76.9 cm³/mol. The smallest absolute Gasteiger partial charge is 0.433 e. The largest absolute Gasteiger partial charge is 0.465 e. The molecule has 0 N–H and O–H groups in total. The second-order valence-electron chi connectivity index (χ2n) is 4.73. The van der Waals surface area contributed by atoms with Crippen LogP contribution in [0.3, 0.4) is 0 Å². The molecule has 6 nitrogen and oxygen atoms in total. The Morgan fingerprint density at radius 1 is 1.17 bits per heavy atom. The van der Waals surface area contributed by atoms with Crippen LogP contribution >= 0.6 is 0 Å². The van der Waals surface area contributed by atoms with E-state index in [1.807, 2.05) is 0 Å². The van der Waals surface area contributed by atoms with Crippen LogP contribution in [-0.4, -0.2) is 37.7 Å². The summed E-state index contributed by atoms with van der Waals surface area (Å²) in [5.74, 6) is -0.793. The summed E-state index contributed by atoms with van der Waals surface area (Å²) >= 11 is 0. The number of carbonyl (C=O) groups is 1. The van der Waals surface area contributed by atoms with Crippen LogP contribution in [0.4, 0.5) is 13.2 Å². The van der Waals surface area contributed by atoms with Gasteiger partial charge in [-0.2, -0.15) is 13.2 Å². The first-order chi connectivity index (χ1) is 11.0. The van der Waals surface area contributed by atoms with Crippen LogP contribution < -0.4 is 0 Å². The average Bonchev–Trinajstić information content (AvgIpc) is 2.52. The Bertz CT molecular complexity index is 895. The van der Waals surface area contributed by atoms with Crippen molar-refractivity contribution in [2.75, 3.05) is 13.4 Å². The molecular weight excluding hydrogens is 349 g/mol. The monoisotopic (exact) mass is 360 g/mol. The number of sulfone groups is 1. The van der Waals surface area contributed by atoms with E-state index in [9.17, 15) is 26.4 Å². The molecule has 2 aromatic rings. The number of methoxy groups -OCH3 is 1. The van der Waals surface area contributed by atoms with Crippen molar-refractivity contribution >= 4 is 15.8 Å². The van der Waals surface area contributed by atoms with E-state index < -0.39 is 32.8 Å². The molecule has 0 spiro atoms. The molecule has 0 atom stereocenters. The van der Waals surface area contributed by atoms with Crippen molar-refractivity contribution in [1.29, 1.82) is 0 Å². The Morgan fingerprint density at radius 2 is 1.79 bits per heavy atom. The molecule has 0 aliphatic rings. The maximum atomic E-state index is 13.0. The number of esters is 1. The lowest BCUT2D eigenvalue weighted by Crippen LogP contribution is -2.14. The summed E-state index contributed by atoms with van der Waals surface area (Å²) in [6.07, 6.45) is -4.18. The molecule has 0 amide bonds. The molecule has 1 heterocycles. The summed E-state index contributed by atoms with van der Waals surface area (Å²) in [6, 6.07) is 6.20. The van der Waals surface area contributed by atoms with E-state index in [2.05, 4.69) is 14.7 Å². The molecule has 0 fully saturated rings. The topological polar surface area (TPSA) is 86.2 Å². The Hall–Kier alpha value is -2.49. The van der Waals surface area contributed by atoms with Gasteiger partial charge in [0.05, 0.1) is 18.4 Å². The zero-order valence-electron chi connectivity index (χ0n) is 12.5. The summed E-state index contributed by atoms with van der Waals surface area (Å²) in [6.45, 7) is 0. The molecule has 0 radical (unpaired) electrons. The minimum absolute atomic E-state index is 0.00199. The lowest BCUT2D eigenvalue weighted by atomic mass is 10.0. The molecule has 0 aliphatic carbocycles. The van der Waals surface area contributed by atoms with Gasteiger partial charge in [-0.05, 0) is 12.1 Å². The fourth-order valence-corrected chi connectivity index (χ4v) is 2.40. The van der Waals surface area contributed by atoms with Gasteiger partial charge in [-0.1, -0.05) is 18.2 Å². The molecule has 2 rings (SSSR count). The van der Waals surface area contributed by atoms with E-state index in [1.165, 1.54) is 24.3 Å². The lowest BCUT2D eigenvalue weighted by molar-refractivity contribution is -0.141. The number of hydrogen-bond donors (Lipinski definition) is 0. The summed E-state index contributed by atoms with van der Waals surface area (Å²) < 4.78 is 66.7. The third kappa shape index (κ3) is 3.70. The summed E-state index contributed by atoms with van der Waals surface area (Å²) in [7, 11) is -2.98. The number of rotatable bonds is 3. The third-order valence-corrected chi connectivity index (χ3v) is 3.78. The maximum absolute atomic E-state index is 13.0. The van der Waals surface area contributed by atoms with E-state index in [0.717, 1.165) is 7.11 Å². The molecule has 24 heavy (non-hydrogen) atoms. The summed E-state index contributed by atoms with van der Waals surface area (Å²) in [4.78, 5) is 18.5. The van der Waals surface area contributed by atoms with Crippen LogP contribution in [0.1, 0.15) is 16.1 Å². The van der Waals surface area contributed by atoms with Crippen molar-refractivity contribution in [1.82, 2.24) is 9.97 Å². The molecule has 10 heteroatoms. The number of benzene rings is 1. The first kappa shape index (κ1) is 17.9. The van der Waals surface area contributed by atoms with Gasteiger partial charge in [0.15, 0.2) is 0 Å². The molecule has 1 aromatic carbocycles. The Kier molecular flexibility index (Phi) is 4.61. The van der Waals surface area contributed by atoms with Gasteiger partial charge in [0.1, 0.15) is 5.69 Å². The molecule has 0 saturated carbocycles. The van der Waals surface area contributed by atoms with Gasteiger partial charge in [-0.25, -0.2) is 23.2 Å². The third-order valence-electron chi connectivity index (χ3n) is 2.94. The van der Waals surface area contributed by atoms with E-state index in [4.69, 9.17) is 0 Å². The summed E-state index contributed by atoms with van der Waals surface area (Å²) in [5, 5.41) is -0.980. The van der Waals surface area contributed by atoms with Gasteiger partial charge in [0.2, 0.25) is 15.0 Å². The molecule has 128 valence electrons. The number of aromatic nitrogens is 2. The SMILES string of the molecule is COC(=O)c1ccccc1-c1cc(C(F)(F)F)nc(S(C)(=O)=O)n1. The Balaban J connectivity index is 2.79. The minimum Gasteiger partial charge on any atom is -0.465 e. The second-order valence-corrected chi connectivity index (χ2v) is 6.64. The van der Waals surface area contributed by atoms with Gasteiger partial charge in [-0.3, -0.25) is 0 Å². The zero-order chi connectivity index (χ0) is 18.1. The Labute approximate surface area is 135 Å². The first-order valence-corrected chi connectivity index (χ1v) is 8.27. The number of hydrogen-bond acceptors (Lipinski definition) is 6. The van der Waals surface area contributed by atoms with Gasteiger partial charge >= 0.3 is 12.1 Å². The first-order valence-electron chi connectivity index (χ1n) is 6.38. The van der Waals surface area contributed by atoms with Crippen LogP contribution in [0.5, 0.6) is 0 Å². The van der Waals surface area contributed by atoms with Gasteiger partial charge in [0.25, 0.3) is 0 Å². The van der Waals surface area contributed by atoms with Crippen LogP contribution in [0.15, 0.2) is 35.5 Å². The van der Waals surface area contributed by atoms with Crippen molar-refractivity contribution in [3.8, 4) is 11.3 Å². The lowest BCUT2D eigenvalue weighted by Gasteiger charge is -2.11. The van der Waals surface area contributed by atoms with E-state index >= 15 is 0 Å². The van der Waals surface area contributed by atoms with Gasteiger partial charge in [-0.15, -0.1) is 0 Å². The van der Waals surface area contributed by atoms with Crippen LogP contribution in [0.2, 0.25) is 0 Å². The van der Waals surface area contributed by atoms with E-state index in [0.29, 0.717) is 12.3 Å². The number of carbonyl (C=O) groups excluding carboxylic acids is 1. The van der Waals surface area contributed by atoms with Crippen molar-refractivity contribution < 1.29 is 31.1 Å². The number of halogens is 3. The van der Waals surface area contributed by atoms with Crippen molar-refractivity contribution in [3.63, 3.8) is 0 Å². The number of nitrogens with zero attached hydrogens (tertiary/aromatic N) is 2. The highest BCUT2D eigenvalue weighted by molar-refractivity contribution is 7.90. The highest BCUT2D eigenvalue weighted by atomic mass is 32.2. The quantitative estimate of drug-likeness (QED) is 0.617. The molecular formula is C14H11F3N2O4S. The van der Waals surface area contributed by atoms with Crippen molar-refractivity contribution in [3.05, 3.63) is 41.6 Å². The maximum Gasteiger partial charge on any atom is 0.433 e. The van der Waals surface area contributed by atoms with Crippen LogP contribution in [0.25, 0.3) is 11.3 Å². The van der Waals surface area contributed by atoms with E-state index in [-0.39, 0.29) is 16.8 Å². The van der Waals surface area contributed by atoms with Gasteiger partial charge < -0.3 is 4.74 Å². The summed E-state index contributed by atoms with van der Waals surface area (Å²) in [5.41, 5.74) is -1.82. The van der Waals surface area contributed by atoms with E-state index in [1.54, 1.807) is 0 Å². The molecule has 0 aliphatic heterocycles. The molecule has 0 bridgehead atoms. The molecule has 1 aromatic heterocycles. The Morgan fingerprint density at radius 3 is 2.33 bits per heavy atom. The second kappa shape index (κ2) is 6.19.